The second kappa shape index (κ2) is 5.11. The van der Waals surface area contributed by atoms with Crippen molar-refractivity contribution in [3.8, 4) is 0 Å². The van der Waals surface area contributed by atoms with Crippen LogP contribution in [0.15, 0.2) is 17.1 Å². The number of rotatable bonds is 3. The summed E-state index contributed by atoms with van der Waals surface area (Å²) in [4.78, 5) is 3.78. The standard InChI is InChI=1S/C10H17N/c1-11-9-5-8-10-6-3-2-4-7-10/h5,8,10H,1-4,6-7,9H2. The molecule has 0 amide bonds. The maximum absolute atomic E-state index is 3.78. The Morgan fingerprint density at radius 2 is 2.00 bits per heavy atom. The minimum absolute atomic E-state index is 0.788. The number of aliphatic imine (C=N–C) groups is 1. The number of hydrogen-bond donors (Lipinski definition) is 0. The molecule has 0 heterocycles. The highest BCUT2D eigenvalue weighted by Crippen LogP contribution is 2.24. The fourth-order valence-corrected chi connectivity index (χ4v) is 1.65. The lowest BCUT2D eigenvalue weighted by atomic mass is 9.89. The summed E-state index contributed by atoms with van der Waals surface area (Å²) in [6.45, 7) is 4.23. The molecule has 1 saturated carbocycles. The van der Waals surface area contributed by atoms with Crippen LogP contribution < -0.4 is 0 Å². The smallest absolute Gasteiger partial charge is 0.0563 e. The normalized spacial score (nSPS) is 20.7. The molecule has 1 nitrogen and oxygen atoms in total. The van der Waals surface area contributed by atoms with Gasteiger partial charge in [0.05, 0.1) is 6.54 Å². The first kappa shape index (κ1) is 8.51. The van der Waals surface area contributed by atoms with Gasteiger partial charge in [0.2, 0.25) is 0 Å². The van der Waals surface area contributed by atoms with Crippen molar-refractivity contribution in [2.45, 2.75) is 32.1 Å². The Hall–Kier alpha value is -0.590. The van der Waals surface area contributed by atoms with Gasteiger partial charge in [0.1, 0.15) is 0 Å². The molecular weight excluding hydrogens is 134 g/mol. The Morgan fingerprint density at radius 1 is 1.27 bits per heavy atom. The van der Waals surface area contributed by atoms with E-state index >= 15 is 0 Å². The van der Waals surface area contributed by atoms with Gasteiger partial charge in [-0.3, -0.25) is 4.99 Å². The minimum Gasteiger partial charge on any atom is -0.297 e. The fraction of sp³-hybridized carbons (Fsp3) is 0.700. The zero-order chi connectivity index (χ0) is 7.94. The highest BCUT2D eigenvalue weighted by atomic mass is 14.6. The molecule has 1 heteroatoms. The van der Waals surface area contributed by atoms with Crippen molar-refractivity contribution in [2.24, 2.45) is 10.9 Å². The Bertz CT molecular complexity index is 132. The topological polar surface area (TPSA) is 12.4 Å². The molecule has 0 unspecified atom stereocenters. The molecule has 0 bridgehead atoms. The molecule has 0 radical (unpaired) electrons. The predicted molar refractivity (Wildman–Crippen MR) is 50.1 cm³/mol. The van der Waals surface area contributed by atoms with Gasteiger partial charge in [-0.1, -0.05) is 31.4 Å². The van der Waals surface area contributed by atoms with Crippen LogP contribution in [0.25, 0.3) is 0 Å². The molecule has 1 rings (SSSR count). The summed E-state index contributed by atoms with van der Waals surface area (Å²) in [6, 6.07) is 0. The summed E-state index contributed by atoms with van der Waals surface area (Å²) in [5.41, 5.74) is 0. The van der Waals surface area contributed by atoms with E-state index in [4.69, 9.17) is 0 Å². The Kier molecular flexibility index (Phi) is 3.95. The first-order valence-corrected chi connectivity index (χ1v) is 4.52. The third kappa shape index (κ3) is 3.35. The highest BCUT2D eigenvalue weighted by molar-refractivity contribution is 5.23. The predicted octanol–water partition coefficient (Wildman–Crippen LogP) is 2.82. The molecule has 11 heavy (non-hydrogen) atoms. The number of allylic oxidation sites excluding steroid dienone is 1. The summed E-state index contributed by atoms with van der Waals surface area (Å²) < 4.78 is 0. The van der Waals surface area contributed by atoms with Gasteiger partial charge < -0.3 is 0 Å². The van der Waals surface area contributed by atoms with Crippen LogP contribution >= 0.6 is 0 Å². The second-order valence-electron chi connectivity index (χ2n) is 3.23. The van der Waals surface area contributed by atoms with Crippen LogP contribution in [-0.2, 0) is 0 Å². The lowest BCUT2D eigenvalue weighted by Gasteiger charge is -2.17. The van der Waals surface area contributed by atoms with Crippen molar-refractivity contribution in [3.63, 3.8) is 0 Å². The largest absolute Gasteiger partial charge is 0.297 e. The maximum Gasteiger partial charge on any atom is 0.0563 e. The van der Waals surface area contributed by atoms with E-state index in [1.165, 1.54) is 32.1 Å². The monoisotopic (exact) mass is 151 g/mol. The van der Waals surface area contributed by atoms with Crippen molar-refractivity contribution >= 4 is 6.72 Å². The lowest BCUT2D eigenvalue weighted by molar-refractivity contribution is 0.419. The molecule has 0 spiro atoms. The second-order valence-corrected chi connectivity index (χ2v) is 3.23. The van der Waals surface area contributed by atoms with Gasteiger partial charge in [-0.05, 0) is 25.5 Å². The van der Waals surface area contributed by atoms with E-state index in [1.807, 2.05) is 0 Å². The average Bonchev–Trinajstić information content (AvgIpc) is 2.07. The third-order valence-corrected chi connectivity index (χ3v) is 2.29. The van der Waals surface area contributed by atoms with Crippen LogP contribution in [0, 0.1) is 5.92 Å². The molecular formula is C10H17N. The molecule has 1 aliphatic rings. The minimum atomic E-state index is 0.788. The summed E-state index contributed by atoms with van der Waals surface area (Å²) in [6.07, 6.45) is 11.5. The van der Waals surface area contributed by atoms with Gasteiger partial charge in [0.25, 0.3) is 0 Å². The van der Waals surface area contributed by atoms with Crippen molar-refractivity contribution in [1.82, 2.24) is 0 Å². The van der Waals surface area contributed by atoms with Gasteiger partial charge in [-0.2, -0.15) is 0 Å². The van der Waals surface area contributed by atoms with E-state index < -0.39 is 0 Å². The third-order valence-electron chi connectivity index (χ3n) is 2.29. The summed E-state index contributed by atoms with van der Waals surface area (Å²) in [7, 11) is 0. The zero-order valence-electron chi connectivity index (χ0n) is 7.13. The number of hydrogen-bond acceptors (Lipinski definition) is 1. The number of nitrogens with zero attached hydrogens (tertiary/aromatic N) is 1. The van der Waals surface area contributed by atoms with Crippen LogP contribution in [0.1, 0.15) is 32.1 Å². The van der Waals surface area contributed by atoms with Crippen molar-refractivity contribution in [2.75, 3.05) is 6.54 Å². The van der Waals surface area contributed by atoms with Gasteiger partial charge in [0.15, 0.2) is 0 Å². The van der Waals surface area contributed by atoms with E-state index in [0.29, 0.717) is 0 Å². The van der Waals surface area contributed by atoms with E-state index in [0.717, 1.165) is 12.5 Å². The van der Waals surface area contributed by atoms with Crippen molar-refractivity contribution < 1.29 is 0 Å². The summed E-state index contributed by atoms with van der Waals surface area (Å²) >= 11 is 0. The van der Waals surface area contributed by atoms with Gasteiger partial charge in [0, 0.05) is 0 Å². The summed E-state index contributed by atoms with van der Waals surface area (Å²) in [5, 5.41) is 0. The summed E-state index contributed by atoms with van der Waals surface area (Å²) in [5.74, 6) is 0.838. The van der Waals surface area contributed by atoms with Crippen LogP contribution in [0.2, 0.25) is 0 Å². The highest BCUT2D eigenvalue weighted by Gasteiger charge is 2.08. The van der Waals surface area contributed by atoms with E-state index in [1.54, 1.807) is 0 Å². The first-order valence-electron chi connectivity index (χ1n) is 4.52. The van der Waals surface area contributed by atoms with Crippen LogP contribution in [0.5, 0.6) is 0 Å². The Balaban J connectivity index is 2.18. The van der Waals surface area contributed by atoms with E-state index in [9.17, 15) is 0 Å². The van der Waals surface area contributed by atoms with Crippen molar-refractivity contribution in [3.05, 3.63) is 12.2 Å². The average molecular weight is 151 g/mol. The molecule has 62 valence electrons. The molecule has 1 fully saturated rings. The molecule has 1 aliphatic carbocycles. The molecule has 0 N–H and O–H groups in total. The molecule has 0 aliphatic heterocycles. The Morgan fingerprint density at radius 3 is 2.64 bits per heavy atom. The molecule has 0 saturated heterocycles. The molecule has 0 atom stereocenters. The van der Waals surface area contributed by atoms with Gasteiger partial charge in [-0.25, -0.2) is 0 Å². The van der Waals surface area contributed by atoms with Crippen LogP contribution in [-0.4, -0.2) is 13.3 Å². The maximum atomic E-state index is 3.78. The van der Waals surface area contributed by atoms with Crippen LogP contribution in [0.3, 0.4) is 0 Å². The van der Waals surface area contributed by atoms with Crippen molar-refractivity contribution in [1.29, 1.82) is 0 Å². The quantitative estimate of drug-likeness (QED) is 0.434. The fourth-order valence-electron chi connectivity index (χ4n) is 1.65. The Labute approximate surface area is 69.2 Å². The molecule has 0 aromatic heterocycles. The van der Waals surface area contributed by atoms with Gasteiger partial charge in [-0.15, -0.1) is 0 Å². The lowest BCUT2D eigenvalue weighted by Crippen LogP contribution is -2.02. The molecule has 0 aromatic rings. The van der Waals surface area contributed by atoms with Crippen LogP contribution in [0.4, 0.5) is 0 Å². The zero-order valence-corrected chi connectivity index (χ0v) is 7.13. The van der Waals surface area contributed by atoms with E-state index in [2.05, 4.69) is 23.9 Å². The molecule has 0 aromatic carbocycles. The first-order chi connectivity index (χ1) is 5.43. The van der Waals surface area contributed by atoms with Gasteiger partial charge >= 0.3 is 0 Å². The SMILES string of the molecule is C=NCC=CC1CCCCC1. The van der Waals surface area contributed by atoms with E-state index in [-0.39, 0.29) is 0 Å².